The fraction of sp³-hybridized carbons (Fsp3) is 0.440. The van der Waals surface area contributed by atoms with Gasteiger partial charge in [-0.3, -0.25) is 0 Å². The van der Waals surface area contributed by atoms with Gasteiger partial charge in [0.05, 0.1) is 6.61 Å². The summed E-state index contributed by atoms with van der Waals surface area (Å²) < 4.78 is 6.66. The maximum atomic E-state index is 6.66. The van der Waals surface area contributed by atoms with Crippen LogP contribution in [0.1, 0.15) is 54.7 Å². The number of fused-ring (bicyclic) bond motifs is 3. The molecule has 138 valence electrons. The second kappa shape index (κ2) is 5.97. The van der Waals surface area contributed by atoms with Crippen LogP contribution in [0.3, 0.4) is 0 Å². The zero-order chi connectivity index (χ0) is 17.8. The highest BCUT2D eigenvalue weighted by Gasteiger charge is 2.57. The number of nitrogens with zero attached hydrogens (tertiary/aromatic N) is 1. The number of ether oxygens (including phenoxy) is 1. The fourth-order valence-electron chi connectivity index (χ4n) is 6.47. The molecule has 0 unspecified atom stereocenters. The van der Waals surface area contributed by atoms with Gasteiger partial charge in [-0.05, 0) is 48.8 Å². The lowest BCUT2D eigenvalue weighted by Gasteiger charge is -2.56. The zero-order valence-corrected chi connectivity index (χ0v) is 15.9. The Labute approximate surface area is 161 Å². The fourth-order valence-corrected chi connectivity index (χ4v) is 6.47. The topological polar surface area (TPSA) is 12.5 Å². The van der Waals surface area contributed by atoms with Gasteiger partial charge in [-0.2, -0.15) is 0 Å². The Kier molecular flexibility index (Phi) is 3.53. The number of hydrogen-bond donors (Lipinski definition) is 0. The maximum Gasteiger partial charge on any atom is 0.145 e. The van der Waals surface area contributed by atoms with Crippen LogP contribution in [0.25, 0.3) is 5.70 Å². The minimum atomic E-state index is -0.0813. The largest absolute Gasteiger partial charge is 0.353 e. The minimum Gasteiger partial charge on any atom is -0.353 e. The van der Waals surface area contributed by atoms with E-state index in [2.05, 4.69) is 59.5 Å². The quantitative estimate of drug-likeness (QED) is 0.681. The molecule has 0 N–H and O–H groups in total. The van der Waals surface area contributed by atoms with Crippen LogP contribution < -0.4 is 0 Å². The summed E-state index contributed by atoms with van der Waals surface area (Å²) in [6.07, 6.45) is 7.46. The Morgan fingerprint density at radius 2 is 1.78 bits per heavy atom. The summed E-state index contributed by atoms with van der Waals surface area (Å²) in [6.45, 7) is 1.92. The third kappa shape index (κ3) is 2.17. The SMILES string of the molecule is c1ccc([C@@H]2C3=C(c4ccccc4CC3)N3CCO[C@]34CCCC[C@@H]24)cc1. The number of rotatable bonds is 1. The van der Waals surface area contributed by atoms with E-state index in [1.807, 2.05) is 0 Å². The minimum absolute atomic E-state index is 0.0813. The molecule has 27 heavy (non-hydrogen) atoms. The highest BCUT2D eigenvalue weighted by molar-refractivity contribution is 5.75. The molecule has 3 atom stereocenters. The molecule has 0 aromatic heterocycles. The molecule has 2 aliphatic heterocycles. The van der Waals surface area contributed by atoms with E-state index in [1.165, 1.54) is 60.9 Å². The molecule has 2 nitrogen and oxygen atoms in total. The Bertz CT molecular complexity index is 902. The van der Waals surface area contributed by atoms with Crippen molar-refractivity contribution in [1.82, 2.24) is 4.90 Å². The predicted octanol–water partition coefficient (Wildman–Crippen LogP) is 5.36. The first-order chi connectivity index (χ1) is 13.4. The van der Waals surface area contributed by atoms with Gasteiger partial charge in [0.1, 0.15) is 5.72 Å². The van der Waals surface area contributed by atoms with Gasteiger partial charge < -0.3 is 9.64 Å². The molecule has 2 aliphatic carbocycles. The van der Waals surface area contributed by atoms with Gasteiger partial charge in [-0.15, -0.1) is 0 Å². The molecule has 2 heteroatoms. The van der Waals surface area contributed by atoms with E-state index in [0.29, 0.717) is 11.8 Å². The van der Waals surface area contributed by atoms with Crippen molar-refractivity contribution in [1.29, 1.82) is 0 Å². The first-order valence-corrected chi connectivity index (χ1v) is 10.7. The Balaban J connectivity index is 1.62. The molecule has 2 aromatic rings. The lowest BCUT2D eigenvalue weighted by atomic mass is 9.63. The second-order valence-electron chi connectivity index (χ2n) is 8.62. The van der Waals surface area contributed by atoms with Gasteiger partial charge in [0, 0.05) is 29.6 Å². The average molecular weight is 357 g/mol. The molecule has 6 rings (SSSR count). The standard InChI is InChI=1S/C25H27NO/c1-2-9-19(10-3-1)23-21-14-13-18-8-4-5-11-20(18)24(21)26-16-17-27-25(26)15-7-6-12-22(23)25/h1-5,8-11,22-23H,6-7,12-17H2/t22-,23+,25-/m0/s1. The van der Waals surface area contributed by atoms with Gasteiger partial charge in [-0.1, -0.05) is 61.0 Å². The number of allylic oxidation sites excluding steroid dienone is 1. The van der Waals surface area contributed by atoms with Crippen LogP contribution in [0.15, 0.2) is 60.2 Å². The van der Waals surface area contributed by atoms with Crippen LogP contribution in [-0.4, -0.2) is 23.8 Å². The van der Waals surface area contributed by atoms with Crippen molar-refractivity contribution in [2.24, 2.45) is 5.92 Å². The van der Waals surface area contributed by atoms with Gasteiger partial charge in [-0.25, -0.2) is 0 Å². The smallest absolute Gasteiger partial charge is 0.145 e. The van der Waals surface area contributed by atoms with Crippen molar-refractivity contribution in [3.63, 3.8) is 0 Å². The molecule has 2 aromatic carbocycles. The van der Waals surface area contributed by atoms with Gasteiger partial charge >= 0.3 is 0 Å². The Morgan fingerprint density at radius 3 is 2.70 bits per heavy atom. The molecule has 2 fully saturated rings. The van der Waals surface area contributed by atoms with Crippen molar-refractivity contribution in [2.45, 2.75) is 50.2 Å². The molecule has 0 radical (unpaired) electrons. The van der Waals surface area contributed by atoms with Crippen LogP contribution >= 0.6 is 0 Å². The summed E-state index contributed by atoms with van der Waals surface area (Å²) >= 11 is 0. The van der Waals surface area contributed by atoms with Gasteiger partial charge in [0.25, 0.3) is 0 Å². The van der Waals surface area contributed by atoms with Crippen LogP contribution in [0.2, 0.25) is 0 Å². The average Bonchev–Trinajstić information content (AvgIpc) is 3.15. The molecule has 1 saturated heterocycles. The van der Waals surface area contributed by atoms with Crippen molar-refractivity contribution < 1.29 is 4.74 Å². The van der Waals surface area contributed by atoms with Crippen molar-refractivity contribution in [3.05, 3.63) is 76.9 Å². The second-order valence-corrected chi connectivity index (χ2v) is 8.62. The van der Waals surface area contributed by atoms with E-state index in [-0.39, 0.29) is 5.72 Å². The highest BCUT2D eigenvalue weighted by Crippen LogP contribution is 2.59. The van der Waals surface area contributed by atoms with Gasteiger partial charge in [0.15, 0.2) is 0 Å². The molecule has 2 heterocycles. The third-order valence-corrected chi connectivity index (χ3v) is 7.45. The predicted molar refractivity (Wildman–Crippen MR) is 108 cm³/mol. The molecule has 1 spiro atoms. The summed E-state index contributed by atoms with van der Waals surface area (Å²) in [4.78, 5) is 2.70. The lowest BCUT2D eigenvalue weighted by Crippen LogP contribution is -2.57. The van der Waals surface area contributed by atoms with E-state index in [0.717, 1.165) is 13.2 Å². The number of aryl methyl sites for hydroxylation is 1. The molecule has 0 bridgehead atoms. The van der Waals surface area contributed by atoms with Crippen LogP contribution in [-0.2, 0) is 11.2 Å². The Hall–Kier alpha value is -2.06. The van der Waals surface area contributed by atoms with Crippen molar-refractivity contribution in [2.75, 3.05) is 13.2 Å². The molecular formula is C25H27NO. The highest BCUT2D eigenvalue weighted by atomic mass is 16.5. The normalized spacial score (nSPS) is 31.8. The first-order valence-electron chi connectivity index (χ1n) is 10.7. The van der Waals surface area contributed by atoms with Crippen molar-refractivity contribution in [3.8, 4) is 0 Å². The van der Waals surface area contributed by atoms with E-state index >= 15 is 0 Å². The first kappa shape index (κ1) is 15.9. The van der Waals surface area contributed by atoms with Gasteiger partial charge in [0.2, 0.25) is 0 Å². The van der Waals surface area contributed by atoms with Crippen molar-refractivity contribution >= 4 is 5.70 Å². The summed E-state index contributed by atoms with van der Waals surface area (Å²) in [5, 5.41) is 0. The monoisotopic (exact) mass is 357 g/mol. The lowest BCUT2D eigenvalue weighted by molar-refractivity contribution is -0.138. The summed E-state index contributed by atoms with van der Waals surface area (Å²) in [6, 6.07) is 20.4. The third-order valence-electron chi connectivity index (χ3n) is 7.45. The number of hydrogen-bond acceptors (Lipinski definition) is 2. The summed E-state index contributed by atoms with van der Waals surface area (Å²) in [5.41, 5.74) is 7.58. The van der Waals surface area contributed by atoms with Crippen LogP contribution in [0.5, 0.6) is 0 Å². The zero-order valence-electron chi connectivity index (χ0n) is 15.9. The summed E-state index contributed by atoms with van der Waals surface area (Å²) in [5.74, 6) is 1.09. The number of benzene rings is 2. The van der Waals surface area contributed by atoms with E-state index < -0.39 is 0 Å². The maximum absolute atomic E-state index is 6.66. The molecular weight excluding hydrogens is 330 g/mol. The molecule has 1 saturated carbocycles. The molecule has 0 amide bonds. The molecule has 4 aliphatic rings. The van der Waals surface area contributed by atoms with Crippen LogP contribution in [0.4, 0.5) is 0 Å². The van der Waals surface area contributed by atoms with E-state index in [4.69, 9.17) is 4.74 Å². The van der Waals surface area contributed by atoms with E-state index in [1.54, 1.807) is 5.57 Å². The Morgan fingerprint density at radius 1 is 0.926 bits per heavy atom. The summed E-state index contributed by atoms with van der Waals surface area (Å²) in [7, 11) is 0. The van der Waals surface area contributed by atoms with E-state index in [9.17, 15) is 0 Å². The van der Waals surface area contributed by atoms with Crippen LogP contribution in [0, 0.1) is 5.92 Å².